The van der Waals surface area contributed by atoms with Crippen molar-refractivity contribution in [3.63, 3.8) is 0 Å². The lowest BCUT2D eigenvalue weighted by atomic mass is 10.1. The van der Waals surface area contributed by atoms with Gasteiger partial charge in [-0.05, 0) is 56.3 Å². The molecule has 8 heteroatoms. The van der Waals surface area contributed by atoms with E-state index in [0.29, 0.717) is 30.1 Å². The van der Waals surface area contributed by atoms with Crippen LogP contribution in [0.1, 0.15) is 25.7 Å². The number of hydrogen-bond donors (Lipinski definition) is 1. The van der Waals surface area contributed by atoms with Crippen LogP contribution >= 0.6 is 11.8 Å². The maximum absolute atomic E-state index is 13.2. The lowest BCUT2D eigenvalue weighted by Crippen LogP contribution is -2.35. The maximum Gasteiger partial charge on any atom is 0.264 e. The SMILES string of the molecule is O=C(CCN1CCCCC1)Nc1ccc2c(c1)N(S(=O)(=O)c1ccccc1)CCS2. The molecule has 160 valence electrons. The summed E-state index contributed by atoms with van der Waals surface area (Å²) in [5.74, 6) is 0.655. The van der Waals surface area contributed by atoms with E-state index in [4.69, 9.17) is 0 Å². The van der Waals surface area contributed by atoms with Crippen LogP contribution in [-0.4, -0.2) is 51.2 Å². The fourth-order valence-corrected chi connectivity index (χ4v) is 6.55. The topological polar surface area (TPSA) is 69.7 Å². The number of hydrogen-bond acceptors (Lipinski definition) is 5. The first-order chi connectivity index (χ1) is 14.5. The second-order valence-electron chi connectivity index (χ2n) is 7.62. The van der Waals surface area contributed by atoms with Crippen molar-refractivity contribution in [2.45, 2.75) is 35.5 Å². The minimum absolute atomic E-state index is 0.0403. The summed E-state index contributed by atoms with van der Waals surface area (Å²) >= 11 is 1.63. The van der Waals surface area contributed by atoms with Crippen LogP contribution in [-0.2, 0) is 14.8 Å². The van der Waals surface area contributed by atoms with E-state index in [2.05, 4.69) is 10.2 Å². The van der Waals surface area contributed by atoms with E-state index in [1.165, 1.54) is 23.6 Å². The molecule has 0 atom stereocenters. The molecule has 2 heterocycles. The van der Waals surface area contributed by atoms with Gasteiger partial charge in [0.1, 0.15) is 0 Å². The molecule has 2 aromatic rings. The molecule has 2 aliphatic heterocycles. The molecule has 0 spiro atoms. The Balaban J connectivity index is 1.49. The quantitative estimate of drug-likeness (QED) is 0.732. The number of amides is 1. The van der Waals surface area contributed by atoms with Crippen LogP contribution in [0.2, 0.25) is 0 Å². The Morgan fingerprint density at radius 3 is 2.53 bits per heavy atom. The Hall–Kier alpha value is -2.03. The van der Waals surface area contributed by atoms with Crippen LogP contribution in [0, 0.1) is 0 Å². The summed E-state index contributed by atoms with van der Waals surface area (Å²) in [6.45, 7) is 3.30. The third-order valence-corrected chi connectivity index (χ3v) is 8.37. The average Bonchev–Trinajstić information content (AvgIpc) is 2.78. The van der Waals surface area contributed by atoms with Crippen molar-refractivity contribution in [1.82, 2.24) is 4.90 Å². The number of nitrogens with zero attached hydrogens (tertiary/aromatic N) is 2. The van der Waals surface area contributed by atoms with Crippen LogP contribution in [0.3, 0.4) is 0 Å². The number of nitrogens with one attached hydrogen (secondary N) is 1. The second kappa shape index (κ2) is 9.41. The van der Waals surface area contributed by atoms with Crippen molar-refractivity contribution in [2.24, 2.45) is 0 Å². The van der Waals surface area contributed by atoms with Gasteiger partial charge in [0.15, 0.2) is 0 Å². The first-order valence-electron chi connectivity index (χ1n) is 10.4. The minimum Gasteiger partial charge on any atom is -0.326 e. The molecule has 2 aliphatic rings. The Bertz CT molecular complexity index is 990. The van der Waals surface area contributed by atoms with E-state index in [1.54, 1.807) is 48.2 Å². The van der Waals surface area contributed by atoms with E-state index >= 15 is 0 Å². The molecule has 1 saturated heterocycles. The average molecular weight is 446 g/mol. The van der Waals surface area contributed by atoms with Crippen LogP contribution in [0.25, 0.3) is 0 Å². The predicted molar refractivity (Wildman–Crippen MR) is 122 cm³/mol. The molecule has 0 radical (unpaired) electrons. The number of benzene rings is 2. The Labute approximate surface area is 182 Å². The zero-order valence-corrected chi connectivity index (χ0v) is 18.6. The Kier molecular flexibility index (Phi) is 6.65. The predicted octanol–water partition coefficient (Wildman–Crippen LogP) is 3.80. The van der Waals surface area contributed by atoms with Crippen LogP contribution in [0.15, 0.2) is 58.3 Å². The number of carbonyl (C=O) groups excluding carboxylic acids is 1. The van der Waals surface area contributed by atoms with E-state index in [-0.39, 0.29) is 10.8 Å². The molecular formula is C22H27N3O3S2. The highest BCUT2D eigenvalue weighted by molar-refractivity contribution is 8.00. The summed E-state index contributed by atoms with van der Waals surface area (Å²) in [4.78, 5) is 16.0. The molecule has 0 saturated carbocycles. The standard InChI is InChI=1S/C22H27N3O3S2/c26-22(11-14-24-12-5-2-6-13-24)23-18-9-10-21-20(17-18)25(15-16-29-21)30(27,28)19-7-3-1-4-8-19/h1,3-4,7-10,17H,2,5-6,11-16H2,(H,23,26). The molecule has 1 amide bonds. The van der Waals surface area contributed by atoms with E-state index in [1.807, 2.05) is 12.1 Å². The van der Waals surface area contributed by atoms with E-state index in [9.17, 15) is 13.2 Å². The number of likely N-dealkylation sites (tertiary alicyclic amines) is 1. The second-order valence-corrected chi connectivity index (χ2v) is 10.6. The van der Waals surface area contributed by atoms with Gasteiger partial charge < -0.3 is 10.2 Å². The first-order valence-corrected chi connectivity index (χ1v) is 12.8. The largest absolute Gasteiger partial charge is 0.326 e. The molecule has 30 heavy (non-hydrogen) atoms. The van der Waals surface area contributed by atoms with Crippen molar-refractivity contribution in [1.29, 1.82) is 0 Å². The highest BCUT2D eigenvalue weighted by Crippen LogP contribution is 2.39. The third-order valence-electron chi connectivity index (χ3n) is 5.50. The number of fused-ring (bicyclic) bond motifs is 1. The minimum atomic E-state index is -3.64. The van der Waals surface area contributed by atoms with Crippen LogP contribution in [0.4, 0.5) is 11.4 Å². The molecule has 4 rings (SSSR count). The zero-order chi connectivity index (χ0) is 21.0. The third kappa shape index (κ3) is 4.82. The van der Waals surface area contributed by atoms with Gasteiger partial charge >= 0.3 is 0 Å². The fraction of sp³-hybridized carbons (Fsp3) is 0.409. The highest BCUT2D eigenvalue weighted by Gasteiger charge is 2.29. The van der Waals surface area contributed by atoms with Gasteiger partial charge in [0.2, 0.25) is 5.91 Å². The van der Waals surface area contributed by atoms with E-state index < -0.39 is 10.0 Å². The van der Waals surface area contributed by atoms with Gasteiger partial charge in [-0.1, -0.05) is 24.6 Å². The molecule has 6 nitrogen and oxygen atoms in total. The number of thioether (sulfide) groups is 1. The molecule has 0 aliphatic carbocycles. The summed E-state index contributed by atoms with van der Waals surface area (Å²) in [7, 11) is -3.64. The number of carbonyl (C=O) groups is 1. The highest BCUT2D eigenvalue weighted by atomic mass is 32.2. The lowest BCUT2D eigenvalue weighted by Gasteiger charge is -2.30. The fourth-order valence-electron chi connectivity index (χ4n) is 3.91. The van der Waals surface area contributed by atoms with Crippen molar-refractivity contribution in [3.05, 3.63) is 48.5 Å². The summed E-state index contributed by atoms with van der Waals surface area (Å²) in [6.07, 6.45) is 4.13. The van der Waals surface area contributed by atoms with Crippen molar-refractivity contribution >= 4 is 39.1 Å². The van der Waals surface area contributed by atoms with Gasteiger partial charge in [0.25, 0.3) is 10.0 Å². The summed E-state index contributed by atoms with van der Waals surface area (Å²) in [6, 6.07) is 14.0. The van der Waals surface area contributed by atoms with Gasteiger partial charge in [-0.25, -0.2) is 8.42 Å². The first kappa shape index (κ1) is 21.2. The molecule has 1 fully saturated rings. The van der Waals surface area contributed by atoms with Gasteiger partial charge in [-0.2, -0.15) is 0 Å². The van der Waals surface area contributed by atoms with Gasteiger partial charge in [-0.3, -0.25) is 9.10 Å². The monoisotopic (exact) mass is 445 g/mol. The number of sulfonamides is 1. The molecule has 1 N–H and O–H groups in total. The van der Waals surface area contributed by atoms with Crippen LogP contribution in [0.5, 0.6) is 0 Å². The van der Waals surface area contributed by atoms with Crippen molar-refractivity contribution < 1.29 is 13.2 Å². The Morgan fingerprint density at radius 2 is 1.77 bits per heavy atom. The van der Waals surface area contributed by atoms with Crippen molar-refractivity contribution in [3.8, 4) is 0 Å². The van der Waals surface area contributed by atoms with Crippen LogP contribution < -0.4 is 9.62 Å². The molecule has 2 aromatic carbocycles. The lowest BCUT2D eigenvalue weighted by molar-refractivity contribution is -0.116. The Morgan fingerprint density at radius 1 is 1.00 bits per heavy atom. The summed E-state index contributed by atoms with van der Waals surface area (Å²) in [5.41, 5.74) is 1.26. The van der Waals surface area contributed by atoms with Gasteiger partial charge in [0.05, 0.1) is 10.6 Å². The normalized spacial score (nSPS) is 17.4. The zero-order valence-electron chi connectivity index (χ0n) is 16.9. The van der Waals surface area contributed by atoms with Crippen molar-refractivity contribution in [2.75, 3.05) is 41.6 Å². The molecule has 0 unspecified atom stereocenters. The summed E-state index contributed by atoms with van der Waals surface area (Å²) in [5, 5.41) is 2.95. The number of anilines is 2. The molecule has 0 bridgehead atoms. The maximum atomic E-state index is 13.2. The molecule has 0 aromatic heterocycles. The smallest absolute Gasteiger partial charge is 0.264 e. The van der Waals surface area contributed by atoms with Gasteiger partial charge in [0, 0.05) is 35.8 Å². The number of rotatable bonds is 6. The summed E-state index contributed by atoms with van der Waals surface area (Å²) < 4.78 is 27.8. The van der Waals surface area contributed by atoms with E-state index in [0.717, 1.165) is 24.5 Å². The molecular weight excluding hydrogens is 418 g/mol. The number of piperidine rings is 1. The van der Waals surface area contributed by atoms with Gasteiger partial charge in [-0.15, -0.1) is 11.8 Å².